The molecule has 1 amide bonds. The van der Waals surface area contributed by atoms with Gasteiger partial charge in [0.1, 0.15) is 0 Å². The molecule has 2 heterocycles. The third kappa shape index (κ3) is 3.54. The molecule has 1 N–H and O–H groups in total. The van der Waals surface area contributed by atoms with E-state index in [1.807, 2.05) is 20.0 Å². The van der Waals surface area contributed by atoms with Crippen LogP contribution in [0.25, 0.3) is 0 Å². The molecule has 0 saturated heterocycles. The molecular weight excluding hydrogens is 282 g/mol. The van der Waals surface area contributed by atoms with Crippen LogP contribution >= 0.6 is 0 Å². The van der Waals surface area contributed by atoms with Gasteiger partial charge in [-0.25, -0.2) is 0 Å². The van der Waals surface area contributed by atoms with Crippen LogP contribution in [-0.4, -0.2) is 39.2 Å². The Morgan fingerprint density at radius 1 is 1.50 bits per heavy atom. The molecule has 1 atom stereocenters. The monoisotopic (exact) mass is 305 g/mol. The lowest BCUT2D eigenvalue weighted by molar-refractivity contribution is 0.0891. The number of hydrogen-bond donors (Lipinski definition) is 1. The van der Waals surface area contributed by atoms with Crippen molar-refractivity contribution >= 4 is 5.91 Å². The average molecular weight is 305 g/mol. The van der Waals surface area contributed by atoms with Gasteiger partial charge in [-0.2, -0.15) is 10.2 Å². The summed E-state index contributed by atoms with van der Waals surface area (Å²) in [6, 6.07) is 1.62. The summed E-state index contributed by atoms with van der Waals surface area (Å²) in [6.45, 7) is 5.11. The molecule has 2 rings (SSSR count). The highest BCUT2D eigenvalue weighted by atomic mass is 16.5. The van der Waals surface area contributed by atoms with Crippen molar-refractivity contribution in [3.8, 4) is 0 Å². The predicted octanol–water partition coefficient (Wildman–Crippen LogP) is 1.45. The summed E-state index contributed by atoms with van der Waals surface area (Å²) in [5, 5.41) is 11.5. The van der Waals surface area contributed by atoms with E-state index in [0.717, 1.165) is 24.4 Å². The molecule has 2 aromatic rings. The highest BCUT2D eigenvalue weighted by molar-refractivity contribution is 5.95. The molecule has 0 saturated carbocycles. The van der Waals surface area contributed by atoms with Gasteiger partial charge in [-0.1, -0.05) is 6.92 Å². The Hall–Kier alpha value is -2.15. The van der Waals surface area contributed by atoms with Crippen molar-refractivity contribution in [2.24, 2.45) is 7.05 Å². The zero-order valence-corrected chi connectivity index (χ0v) is 13.5. The number of carbonyl (C=O) groups is 1. The fraction of sp³-hybridized carbons (Fsp3) is 0.533. The normalized spacial score (nSPS) is 12.4. The standard InChI is InChI=1S/C15H23N5O2/c1-5-8-20-9-12(11(2)18-20)15(21)17-13(10-22-4)14-6-7-16-19(14)3/h6-7,9,13H,5,8,10H2,1-4H3,(H,17,21). The summed E-state index contributed by atoms with van der Waals surface area (Å²) in [7, 11) is 3.45. The quantitative estimate of drug-likeness (QED) is 0.840. The molecule has 0 aromatic carbocycles. The number of rotatable bonds is 7. The molecule has 0 spiro atoms. The molecule has 0 fully saturated rings. The summed E-state index contributed by atoms with van der Waals surface area (Å²) in [4.78, 5) is 12.5. The van der Waals surface area contributed by atoms with Gasteiger partial charge in [-0.05, 0) is 19.4 Å². The molecule has 2 aromatic heterocycles. The van der Waals surface area contributed by atoms with Gasteiger partial charge < -0.3 is 10.1 Å². The van der Waals surface area contributed by atoms with E-state index in [2.05, 4.69) is 22.4 Å². The van der Waals surface area contributed by atoms with Gasteiger partial charge in [-0.15, -0.1) is 0 Å². The lowest BCUT2D eigenvalue weighted by Gasteiger charge is -2.18. The minimum absolute atomic E-state index is 0.150. The van der Waals surface area contributed by atoms with Crippen molar-refractivity contribution in [3.63, 3.8) is 0 Å². The Labute approximate surface area is 130 Å². The van der Waals surface area contributed by atoms with Gasteiger partial charge in [0.25, 0.3) is 5.91 Å². The van der Waals surface area contributed by atoms with Gasteiger partial charge in [-0.3, -0.25) is 14.2 Å². The van der Waals surface area contributed by atoms with E-state index in [4.69, 9.17) is 4.74 Å². The van der Waals surface area contributed by atoms with E-state index >= 15 is 0 Å². The number of amides is 1. The van der Waals surface area contributed by atoms with Crippen LogP contribution in [0.15, 0.2) is 18.5 Å². The van der Waals surface area contributed by atoms with Crippen molar-refractivity contribution in [1.82, 2.24) is 24.9 Å². The first-order valence-corrected chi connectivity index (χ1v) is 7.38. The van der Waals surface area contributed by atoms with Gasteiger partial charge in [0.2, 0.25) is 0 Å². The molecule has 0 aliphatic rings. The Morgan fingerprint density at radius 2 is 2.27 bits per heavy atom. The number of nitrogens with zero attached hydrogens (tertiary/aromatic N) is 4. The van der Waals surface area contributed by atoms with Crippen LogP contribution in [0.1, 0.15) is 41.1 Å². The van der Waals surface area contributed by atoms with Crippen LogP contribution in [0.5, 0.6) is 0 Å². The molecule has 0 aliphatic heterocycles. The first-order valence-electron chi connectivity index (χ1n) is 7.38. The number of methoxy groups -OCH3 is 1. The van der Waals surface area contributed by atoms with Crippen molar-refractivity contribution in [2.45, 2.75) is 32.9 Å². The number of aromatic nitrogens is 4. The second kappa shape index (κ2) is 7.22. The van der Waals surface area contributed by atoms with Crippen molar-refractivity contribution in [1.29, 1.82) is 0 Å². The number of aryl methyl sites for hydroxylation is 3. The van der Waals surface area contributed by atoms with Gasteiger partial charge >= 0.3 is 0 Å². The van der Waals surface area contributed by atoms with Crippen LogP contribution < -0.4 is 5.32 Å². The van der Waals surface area contributed by atoms with E-state index in [0.29, 0.717) is 12.2 Å². The van der Waals surface area contributed by atoms with E-state index in [9.17, 15) is 4.79 Å². The largest absolute Gasteiger partial charge is 0.382 e. The molecular formula is C15H23N5O2. The summed E-state index contributed by atoms with van der Waals surface area (Å²) in [6.07, 6.45) is 4.47. The van der Waals surface area contributed by atoms with Gasteiger partial charge in [0.05, 0.1) is 29.6 Å². The topological polar surface area (TPSA) is 74.0 Å². The van der Waals surface area contributed by atoms with Crippen molar-refractivity contribution in [3.05, 3.63) is 35.4 Å². The zero-order valence-electron chi connectivity index (χ0n) is 13.5. The Bertz CT molecular complexity index is 632. The maximum absolute atomic E-state index is 12.5. The Kier molecular flexibility index (Phi) is 5.32. The second-order valence-electron chi connectivity index (χ2n) is 5.25. The Balaban J connectivity index is 2.16. The third-order valence-corrected chi connectivity index (χ3v) is 3.50. The van der Waals surface area contributed by atoms with E-state index in [1.165, 1.54) is 0 Å². The SMILES string of the molecule is CCCn1cc(C(=O)NC(COC)c2ccnn2C)c(C)n1. The minimum atomic E-state index is -0.251. The number of hydrogen-bond acceptors (Lipinski definition) is 4. The maximum Gasteiger partial charge on any atom is 0.255 e. The van der Waals surface area contributed by atoms with Crippen LogP contribution in [0.3, 0.4) is 0 Å². The van der Waals surface area contributed by atoms with Gasteiger partial charge in [0.15, 0.2) is 0 Å². The first-order chi connectivity index (χ1) is 10.6. The number of ether oxygens (including phenoxy) is 1. The fourth-order valence-corrected chi connectivity index (χ4v) is 2.41. The summed E-state index contributed by atoms with van der Waals surface area (Å²) in [5.41, 5.74) is 2.22. The highest BCUT2D eigenvalue weighted by Gasteiger charge is 2.21. The summed E-state index contributed by atoms with van der Waals surface area (Å²) >= 11 is 0. The highest BCUT2D eigenvalue weighted by Crippen LogP contribution is 2.14. The molecule has 0 bridgehead atoms. The lowest BCUT2D eigenvalue weighted by atomic mass is 10.2. The Morgan fingerprint density at radius 3 is 2.86 bits per heavy atom. The van der Waals surface area contributed by atoms with Crippen LogP contribution in [0.4, 0.5) is 0 Å². The molecule has 22 heavy (non-hydrogen) atoms. The fourth-order valence-electron chi connectivity index (χ4n) is 2.41. The van der Waals surface area contributed by atoms with E-state index < -0.39 is 0 Å². The van der Waals surface area contributed by atoms with Crippen molar-refractivity contribution in [2.75, 3.05) is 13.7 Å². The predicted molar refractivity (Wildman–Crippen MR) is 82.5 cm³/mol. The summed E-state index contributed by atoms with van der Waals surface area (Å²) < 4.78 is 8.76. The maximum atomic E-state index is 12.5. The molecule has 0 radical (unpaired) electrons. The molecule has 7 heteroatoms. The van der Waals surface area contributed by atoms with E-state index in [1.54, 1.807) is 28.9 Å². The minimum Gasteiger partial charge on any atom is -0.382 e. The lowest BCUT2D eigenvalue weighted by Crippen LogP contribution is -2.32. The third-order valence-electron chi connectivity index (χ3n) is 3.50. The molecule has 1 unspecified atom stereocenters. The number of carbonyl (C=O) groups excluding carboxylic acids is 1. The van der Waals surface area contributed by atoms with Crippen molar-refractivity contribution < 1.29 is 9.53 Å². The van der Waals surface area contributed by atoms with E-state index in [-0.39, 0.29) is 11.9 Å². The molecule has 120 valence electrons. The average Bonchev–Trinajstić information content (AvgIpc) is 3.05. The smallest absolute Gasteiger partial charge is 0.255 e. The molecule has 0 aliphatic carbocycles. The second-order valence-corrected chi connectivity index (χ2v) is 5.25. The van der Waals surface area contributed by atoms with Gasteiger partial charge in [0, 0.05) is 33.1 Å². The first kappa shape index (κ1) is 16.2. The van der Waals surface area contributed by atoms with Crippen LogP contribution in [0.2, 0.25) is 0 Å². The van der Waals surface area contributed by atoms with Crippen LogP contribution in [0, 0.1) is 6.92 Å². The zero-order chi connectivity index (χ0) is 16.1. The number of nitrogens with one attached hydrogen (secondary N) is 1. The van der Waals surface area contributed by atoms with Crippen LogP contribution in [-0.2, 0) is 18.3 Å². The summed E-state index contributed by atoms with van der Waals surface area (Å²) in [5.74, 6) is -0.150. The molecule has 7 nitrogen and oxygen atoms in total.